The van der Waals surface area contributed by atoms with Crippen LogP contribution in [0.2, 0.25) is 0 Å². The fraction of sp³-hybridized carbons (Fsp3) is 0.375. The predicted octanol–water partition coefficient (Wildman–Crippen LogP) is 7.67. The quantitative estimate of drug-likeness (QED) is 0.114. The first-order chi connectivity index (χ1) is 19.0. The number of hydrogen-bond donors (Lipinski definition) is 4. The molecule has 1 saturated carbocycles. The molecule has 204 valence electrons. The maximum Gasteiger partial charge on any atom is 0.346 e. The molecule has 0 spiro atoms. The lowest BCUT2D eigenvalue weighted by atomic mass is 9.83. The average Bonchev–Trinajstić information content (AvgIpc) is 3.55. The Morgan fingerprint density at radius 2 is 1.67 bits per heavy atom. The molecule has 2 heterocycles. The number of aryl methyl sites for hydroxylation is 1. The Morgan fingerprint density at radius 1 is 0.923 bits per heavy atom. The van der Waals surface area contributed by atoms with Gasteiger partial charge in [-0.2, -0.15) is 0 Å². The first-order valence-corrected chi connectivity index (χ1v) is 14.7. The smallest absolute Gasteiger partial charge is 0.346 e. The highest BCUT2D eigenvalue weighted by Crippen LogP contribution is 2.44. The van der Waals surface area contributed by atoms with E-state index in [2.05, 4.69) is 4.98 Å². The van der Waals surface area contributed by atoms with E-state index in [-0.39, 0.29) is 27.7 Å². The Hall–Kier alpha value is -3.42. The number of rotatable bonds is 11. The van der Waals surface area contributed by atoms with Crippen LogP contribution in [0.5, 0.6) is 5.75 Å². The number of unbranched alkanes of at least 4 members (excludes halogenated alkanes) is 3. The number of thiophene rings is 1. The molecule has 6 nitrogen and oxygen atoms in total. The summed E-state index contributed by atoms with van der Waals surface area (Å²) in [6, 6.07) is 13.6. The minimum Gasteiger partial charge on any atom is -0.506 e. The molecule has 5 rings (SSSR count). The van der Waals surface area contributed by atoms with Crippen LogP contribution in [0.1, 0.15) is 99.7 Å². The number of benzene rings is 2. The van der Waals surface area contributed by atoms with Crippen LogP contribution in [0.4, 0.5) is 0 Å². The first-order valence-electron chi connectivity index (χ1n) is 13.9. The zero-order valence-electron chi connectivity index (χ0n) is 22.0. The molecule has 39 heavy (non-hydrogen) atoms. The zero-order valence-corrected chi connectivity index (χ0v) is 22.9. The summed E-state index contributed by atoms with van der Waals surface area (Å²) in [7, 11) is 0. The van der Waals surface area contributed by atoms with E-state index in [1.54, 1.807) is 6.20 Å². The third kappa shape index (κ3) is 5.65. The third-order valence-corrected chi connectivity index (χ3v) is 9.13. The van der Waals surface area contributed by atoms with E-state index in [4.69, 9.17) is 5.11 Å². The van der Waals surface area contributed by atoms with Crippen LogP contribution in [-0.4, -0.2) is 38.7 Å². The number of carboxylic acids is 1. The van der Waals surface area contributed by atoms with Crippen LogP contribution < -0.4 is 0 Å². The van der Waals surface area contributed by atoms with Gasteiger partial charge < -0.3 is 20.3 Å². The van der Waals surface area contributed by atoms with Crippen molar-refractivity contribution in [3.05, 3.63) is 75.1 Å². The topological polar surface area (TPSA) is 111 Å². The van der Waals surface area contributed by atoms with Crippen LogP contribution in [-0.2, 0) is 6.42 Å². The van der Waals surface area contributed by atoms with Gasteiger partial charge in [0.25, 0.3) is 0 Å². The standard InChI is InChI=1S/C32H35NO5S/c34-18-7-2-1-4-11-23-12-8-13-24-25(19-33-27(23)24)28(35)31-29(36)26(30(39-31)32(37)38)22-16-14-21(15-17-22)20-9-5-3-6-10-20/h8,12-17,19-20,33-34,36H,1-7,9-11,18H2,(H,37,38). The van der Waals surface area contributed by atoms with Crippen molar-refractivity contribution in [2.45, 2.75) is 70.1 Å². The molecule has 0 aliphatic heterocycles. The first kappa shape index (κ1) is 27.2. The second-order valence-corrected chi connectivity index (χ2v) is 11.5. The average molecular weight is 546 g/mol. The van der Waals surface area contributed by atoms with E-state index in [1.807, 2.05) is 42.5 Å². The number of H-pyrrole nitrogens is 1. The molecule has 0 amide bonds. The highest BCUT2D eigenvalue weighted by Gasteiger charge is 2.29. The largest absolute Gasteiger partial charge is 0.506 e. The number of hydrogen-bond acceptors (Lipinski definition) is 5. The number of nitrogens with one attached hydrogen (secondary N) is 1. The molecule has 4 N–H and O–H groups in total. The fourth-order valence-corrected chi connectivity index (χ4v) is 6.88. The summed E-state index contributed by atoms with van der Waals surface area (Å²) in [6.45, 7) is 0.213. The van der Waals surface area contributed by atoms with E-state index in [0.717, 1.165) is 72.7 Å². The lowest BCUT2D eigenvalue weighted by Gasteiger charge is -2.22. The monoisotopic (exact) mass is 545 g/mol. The molecule has 2 aromatic heterocycles. The number of aromatic nitrogens is 1. The molecular formula is C32H35NO5S. The Bertz CT molecular complexity index is 1460. The minimum atomic E-state index is -1.16. The van der Waals surface area contributed by atoms with Gasteiger partial charge in [0, 0.05) is 34.8 Å². The van der Waals surface area contributed by atoms with Gasteiger partial charge in [-0.15, -0.1) is 11.3 Å². The van der Waals surface area contributed by atoms with Crippen LogP contribution in [0.3, 0.4) is 0 Å². The van der Waals surface area contributed by atoms with E-state index in [9.17, 15) is 19.8 Å². The normalized spacial score (nSPS) is 14.2. The number of aromatic hydroxyl groups is 1. The van der Waals surface area contributed by atoms with Gasteiger partial charge in [-0.05, 0) is 54.7 Å². The summed E-state index contributed by atoms with van der Waals surface area (Å²) in [5.74, 6) is -1.31. The number of fused-ring (bicyclic) bond motifs is 1. The van der Waals surface area contributed by atoms with Crippen LogP contribution in [0.25, 0.3) is 22.0 Å². The number of aromatic amines is 1. The summed E-state index contributed by atoms with van der Waals surface area (Å²) in [5, 5.41) is 30.9. The van der Waals surface area contributed by atoms with Gasteiger partial charge >= 0.3 is 5.97 Å². The van der Waals surface area contributed by atoms with Crippen molar-refractivity contribution in [2.24, 2.45) is 0 Å². The Kier molecular flexibility index (Phi) is 8.48. The maximum absolute atomic E-state index is 13.7. The molecule has 0 bridgehead atoms. The lowest BCUT2D eigenvalue weighted by Crippen LogP contribution is -2.04. The molecule has 0 atom stereocenters. The molecule has 2 aromatic carbocycles. The van der Waals surface area contributed by atoms with Gasteiger partial charge in [0.05, 0.1) is 0 Å². The van der Waals surface area contributed by atoms with E-state index in [0.29, 0.717) is 17.0 Å². The highest BCUT2D eigenvalue weighted by atomic mass is 32.1. The minimum absolute atomic E-state index is 0.0362. The number of carboxylic acid groups (broad SMARTS) is 1. The van der Waals surface area contributed by atoms with Gasteiger partial charge in [-0.3, -0.25) is 4.79 Å². The summed E-state index contributed by atoms with van der Waals surface area (Å²) in [6.07, 6.45) is 12.4. The SMILES string of the molecule is O=C(O)c1sc(C(=O)c2c[nH]c3c(CCCCCCO)cccc23)c(O)c1-c1ccc(C2CCCCC2)cc1. The summed E-state index contributed by atoms with van der Waals surface area (Å²) >= 11 is 0.828. The molecule has 0 saturated heterocycles. The number of para-hydroxylation sites is 1. The molecule has 7 heteroatoms. The van der Waals surface area contributed by atoms with Gasteiger partial charge in [-0.1, -0.05) is 74.6 Å². The predicted molar refractivity (Wildman–Crippen MR) is 155 cm³/mol. The number of aliphatic hydroxyl groups excluding tert-OH is 1. The summed E-state index contributed by atoms with van der Waals surface area (Å²) in [5.41, 5.74) is 4.45. The molecule has 1 fully saturated rings. The van der Waals surface area contributed by atoms with Gasteiger partial charge in [0.15, 0.2) is 0 Å². The number of aromatic carboxylic acids is 1. The summed E-state index contributed by atoms with van der Waals surface area (Å²) in [4.78, 5) is 29.1. The second kappa shape index (κ2) is 12.2. The second-order valence-electron chi connectivity index (χ2n) is 10.5. The highest BCUT2D eigenvalue weighted by molar-refractivity contribution is 7.17. The molecule has 0 unspecified atom stereocenters. The summed E-state index contributed by atoms with van der Waals surface area (Å²) < 4.78 is 0. The maximum atomic E-state index is 13.7. The molecular weight excluding hydrogens is 510 g/mol. The lowest BCUT2D eigenvalue weighted by molar-refractivity contribution is 0.0702. The number of carbonyl (C=O) groups is 2. The van der Waals surface area contributed by atoms with Gasteiger partial charge in [-0.25, -0.2) is 4.79 Å². The van der Waals surface area contributed by atoms with Crippen molar-refractivity contribution >= 4 is 34.0 Å². The fourth-order valence-electron chi connectivity index (χ4n) is 5.87. The van der Waals surface area contributed by atoms with Crippen molar-refractivity contribution in [3.8, 4) is 16.9 Å². The number of ketones is 1. The van der Waals surface area contributed by atoms with Crippen LogP contribution in [0, 0.1) is 0 Å². The van der Waals surface area contributed by atoms with Crippen molar-refractivity contribution in [1.82, 2.24) is 4.98 Å². The molecule has 1 aliphatic carbocycles. The van der Waals surface area contributed by atoms with Crippen molar-refractivity contribution in [3.63, 3.8) is 0 Å². The molecule has 0 radical (unpaired) electrons. The number of aliphatic hydroxyl groups is 1. The molecule has 1 aliphatic rings. The van der Waals surface area contributed by atoms with E-state index in [1.165, 1.54) is 24.8 Å². The van der Waals surface area contributed by atoms with Gasteiger partial charge in [0.1, 0.15) is 15.5 Å². The van der Waals surface area contributed by atoms with Crippen LogP contribution in [0.15, 0.2) is 48.7 Å². The van der Waals surface area contributed by atoms with Crippen molar-refractivity contribution in [1.29, 1.82) is 0 Å². The van der Waals surface area contributed by atoms with Gasteiger partial charge in [0.2, 0.25) is 5.78 Å². The Morgan fingerprint density at radius 3 is 2.38 bits per heavy atom. The Balaban J connectivity index is 1.44. The van der Waals surface area contributed by atoms with E-state index >= 15 is 0 Å². The van der Waals surface area contributed by atoms with E-state index < -0.39 is 11.8 Å². The van der Waals surface area contributed by atoms with Crippen LogP contribution >= 0.6 is 11.3 Å². The Labute approximate surface area is 232 Å². The zero-order chi connectivity index (χ0) is 27.4. The van der Waals surface area contributed by atoms with Crippen molar-refractivity contribution < 1.29 is 24.9 Å². The van der Waals surface area contributed by atoms with Crippen molar-refractivity contribution in [2.75, 3.05) is 6.61 Å². The third-order valence-electron chi connectivity index (χ3n) is 7.96. The number of carbonyl (C=O) groups excluding carboxylic acids is 1. The molecule has 4 aromatic rings.